The quantitative estimate of drug-likeness (QED) is 0.739. The van der Waals surface area contributed by atoms with Crippen LogP contribution in [0.4, 0.5) is 0 Å². The van der Waals surface area contributed by atoms with Gasteiger partial charge in [0.25, 0.3) is 0 Å². The molecule has 3 unspecified atom stereocenters. The third-order valence-electron chi connectivity index (χ3n) is 3.39. The molecule has 3 N–H and O–H groups in total. The zero-order valence-corrected chi connectivity index (χ0v) is 10.4. The van der Waals surface area contributed by atoms with Gasteiger partial charge < -0.3 is 15.8 Å². The lowest BCUT2D eigenvalue weighted by molar-refractivity contribution is -0.124. The summed E-state index contributed by atoms with van der Waals surface area (Å²) in [6.07, 6.45) is 5.90. The van der Waals surface area contributed by atoms with E-state index in [1.807, 2.05) is 0 Å². The minimum Gasteiger partial charge on any atom is -0.383 e. The molecule has 0 radical (unpaired) electrons. The molecule has 1 saturated carbocycles. The van der Waals surface area contributed by atoms with Crippen LogP contribution in [0, 0.1) is 5.92 Å². The Bertz CT molecular complexity index is 221. The highest BCUT2D eigenvalue weighted by molar-refractivity contribution is 5.81. The number of hydrogen-bond acceptors (Lipinski definition) is 3. The van der Waals surface area contributed by atoms with Crippen LogP contribution in [0.25, 0.3) is 0 Å². The number of hydrogen-bond donors (Lipinski definition) is 2. The molecule has 0 bridgehead atoms. The summed E-state index contributed by atoms with van der Waals surface area (Å²) < 4.78 is 4.87. The standard InChI is InChI=1S/C12H24N2O2/c1-3-9-5-4-6-10(7-9)14-12(15)11(13)8-16-2/h9-11H,3-8,13H2,1-2H3,(H,14,15). The highest BCUT2D eigenvalue weighted by Gasteiger charge is 2.23. The van der Waals surface area contributed by atoms with Crippen LogP contribution in [0.3, 0.4) is 0 Å². The molecule has 16 heavy (non-hydrogen) atoms. The van der Waals surface area contributed by atoms with E-state index in [-0.39, 0.29) is 12.5 Å². The number of nitrogens with two attached hydrogens (primary N) is 1. The van der Waals surface area contributed by atoms with Crippen LogP contribution in [0.1, 0.15) is 39.0 Å². The number of methoxy groups -OCH3 is 1. The van der Waals surface area contributed by atoms with Gasteiger partial charge in [-0.25, -0.2) is 0 Å². The zero-order valence-electron chi connectivity index (χ0n) is 10.4. The van der Waals surface area contributed by atoms with Crippen LogP contribution in [-0.4, -0.2) is 31.7 Å². The van der Waals surface area contributed by atoms with Crippen LogP contribution in [0.15, 0.2) is 0 Å². The summed E-state index contributed by atoms with van der Waals surface area (Å²) in [7, 11) is 1.56. The fourth-order valence-electron chi connectivity index (χ4n) is 2.36. The van der Waals surface area contributed by atoms with Gasteiger partial charge in [-0.05, 0) is 18.8 Å². The molecule has 1 aliphatic carbocycles. The normalized spacial score (nSPS) is 27.4. The fourth-order valence-corrected chi connectivity index (χ4v) is 2.36. The molecule has 3 atom stereocenters. The average Bonchev–Trinajstić information content (AvgIpc) is 2.29. The third kappa shape index (κ3) is 4.10. The predicted octanol–water partition coefficient (Wildman–Crippen LogP) is 1.05. The van der Waals surface area contributed by atoms with Crippen molar-refractivity contribution in [2.45, 2.75) is 51.1 Å². The molecule has 0 spiro atoms. The Morgan fingerprint density at radius 3 is 2.94 bits per heavy atom. The maximum atomic E-state index is 11.7. The molecule has 1 fully saturated rings. The first-order valence-corrected chi connectivity index (χ1v) is 6.22. The number of nitrogens with one attached hydrogen (secondary N) is 1. The highest BCUT2D eigenvalue weighted by Crippen LogP contribution is 2.26. The van der Waals surface area contributed by atoms with Crippen LogP contribution in [0.5, 0.6) is 0 Å². The Kier molecular flexibility index (Phi) is 5.77. The van der Waals surface area contributed by atoms with E-state index in [9.17, 15) is 4.79 Å². The van der Waals surface area contributed by atoms with Crippen molar-refractivity contribution in [3.8, 4) is 0 Å². The van der Waals surface area contributed by atoms with Gasteiger partial charge in [-0.1, -0.05) is 26.2 Å². The van der Waals surface area contributed by atoms with Crippen molar-refractivity contribution >= 4 is 5.91 Å². The number of carbonyl (C=O) groups excluding carboxylic acids is 1. The molecule has 0 aromatic carbocycles. The van der Waals surface area contributed by atoms with Crippen molar-refractivity contribution in [2.75, 3.05) is 13.7 Å². The van der Waals surface area contributed by atoms with Gasteiger partial charge >= 0.3 is 0 Å². The Hall–Kier alpha value is -0.610. The maximum absolute atomic E-state index is 11.7. The van der Waals surface area contributed by atoms with Crippen molar-refractivity contribution in [1.29, 1.82) is 0 Å². The fraction of sp³-hybridized carbons (Fsp3) is 0.917. The molecule has 1 rings (SSSR count). The van der Waals surface area contributed by atoms with E-state index in [0.29, 0.717) is 6.04 Å². The molecule has 0 aliphatic heterocycles. The number of carbonyl (C=O) groups is 1. The van der Waals surface area contributed by atoms with Crippen molar-refractivity contribution in [3.63, 3.8) is 0 Å². The highest BCUT2D eigenvalue weighted by atomic mass is 16.5. The number of ether oxygens (including phenoxy) is 1. The lowest BCUT2D eigenvalue weighted by Crippen LogP contribution is -2.48. The van der Waals surface area contributed by atoms with Gasteiger partial charge in [0.05, 0.1) is 6.61 Å². The Labute approximate surface area is 97.9 Å². The van der Waals surface area contributed by atoms with Crippen LogP contribution in [-0.2, 0) is 9.53 Å². The first-order valence-electron chi connectivity index (χ1n) is 6.22. The smallest absolute Gasteiger partial charge is 0.239 e. The minimum atomic E-state index is -0.535. The average molecular weight is 228 g/mol. The van der Waals surface area contributed by atoms with E-state index in [0.717, 1.165) is 18.8 Å². The van der Waals surface area contributed by atoms with Gasteiger partial charge in [-0.15, -0.1) is 0 Å². The van der Waals surface area contributed by atoms with Gasteiger partial charge in [0.2, 0.25) is 5.91 Å². The topological polar surface area (TPSA) is 64.4 Å². The monoisotopic (exact) mass is 228 g/mol. The van der Waals surface area contributed by atoms with Crippen molar-refractivity contribution in [2.24, 2.45) is 11.7 Å². The summed E-state index contributed by atoms with van der Waals surface area (Å²) in [5.41, 5.74) is 5.68. The molecule has 0 heterocycles. The van der Waals surface area contributed by atoms with E-state index in [1.165, 1.54) is 19.3 Å². The lowest BCUT2D eigenvalue weighted by atomic mass is 9.84. The van der Waals surface area contributed by atoms with E-state index in [4.69, 9.17) is 10.5 Å². The molecule has 1 aliphatic rings. The SMILES string of the molecule is CCC1CCCC(NC(=O)C(N)COC)C1. The number of amides is 1. The summed E-state index contributed by atoms with van der Waals surface area (Å²) in [4.78, 5) is 11.7. The largest absolute Gasteiger partial charge is 0.383 e. The molecule has 0 saturated heterocycles. The van der Waals surface area contributed by atoms with Gasteiger partial charge in [-0.2, -0.15) is 0 Å². The second-order valence-corrected chi connectivity index (χ2v) is 4.71. The second-order valence-electron chi connectivity index (χ2n) is 4.71. The zero-order chi connectivity index (χ0) is 12.0. The van der Waals surface area contributed by atoms with E-state index < -0.39 is 6.04 Å². The molecular weight excluding hydrogens is 204 g/mol. The molecule has 94 valence electrons. The predicted molar refractivity (Wildman–Crippen MR) is 64.0 cm³/mol. The van der Waals surface area contributed by atoms with Crippen molar-refractivity contribution in [1.82, 2.24) is 5.32 Å². The number of rotatable bonds is 5. The lowest BCUT2D eigenvalue weighted by Gasteiger charge is -2.29. The molecule has 1 amide bonds. The van der Waals surface area contributed by atoms with Crippen LogP contribution < -0.4 is 11.1 Å². The summed E-state index contributed by atoms with van der Waals surface area (Å²) in [6, 6.07) is -0.221. The Morgan fingerprint density at radius 2 is 2.31 bits per heavy atom. The van der Waals surface area contributed by atoms with Gasteiger partial charge in [0.15, 0.2) is 0 Å². The van der Waals surface area contributed by atoms with E-state index in [1.54, 1.807) is 7.11 Å². The summed E-state index contributed by atoms with van der Waals surface area (Å²) in [5, 5.41) is 3.02. The first kappa shape index (κ1) is 13.5. The van der Waals surface area contributed by atoms with Gasteiger partial charge in [0, 0.05) is 13.2 Å². The molecule has 0 aromatic heterocycles. The summed E-state index contributed by atoms with van der Waals surface area (Å²) in [6.45, 7) is 2.50. The Morgan fingerprint density at radius 1 is 1.56 bits per heavy atom. The van der Waals surface area contributed by atoms with E-state index in [2.05, 4.69) is 12.2 Å². The van der Waals surface area contributed by atoms with Gasteiger partial charge in [0.1, 0.15) is 6.04 Å². The van der Waals surface area contributed by atoms with Crippen molar-refractivity contribution < 1.29 is 9.53 Å². The Balaban J connectivity index is 2.32. The summed E-state index contributed by atoms with van der Waals surface area (Å²) >= 11 is 0. The van der Waals surface area contributed by atoms with Crippen molar-refractivity contribution in [3.05, 3.63) is 0 Å². The van der Waals surface area contributed by atoms with E-state index >= 15 is 0 Å². The maximum Gasteiger partial charge on any atom is 0.239 e. The van der Waals surface area contributed by atoms with Gasteiger partial charge in [-0.3, -0.25) is 4.79 Å². The third-order valence-corrected chi connectivity index (χ3v) is 3.39. The summed E-state index contributed by atoms with van der Waals surface area (Å²) in [5.74, 6) is 0.682. The molecule has 0 aromatic rings. The first-order chi connectivity index (χ1) is 7.67. The van der Waals surface area contributed by atoms with Crippen LogP contribution in [0.2, 0.25) is 0 Å². The molecular formula is C12H24N2O2. The van der Waals surface area contributed by atoms with Crippen LogP contribution >= 0.6 is 0 Å². The molecule has 4 heteroatoms. The minimum absolute atomic E-state index is 0.0800. The molecule has 4 nitrogen and oxygen atoms in total. The second kappa shape index (κ2) is 6.86.